The molecule has 0 aromatic heterocycles. The molecule has 0 saturated heterocycles. The molecule has 0 aliphatic rings. The van der Waals surface area contributed by atoms with Gasteiger partial charge in [-0.05, 0) is 25.9 Å². The van der Waals surface area contributed by atoms with E-state index in [1.807, 2.05) is 0 Å². The predicted octanol–water partition coefficient (Wildman–Crippen LogP) is 2.93. The van der Waals surface area contributed by atoms with Crippen molar-refractivity contribution in [2.45, 2.75) is 44.9 Å². The lowest BCUT2D eigenvalue weighted by atomic mass is 10.1. The van der Waals surface area contributed by atoms with Crippen molar-refractivity contribution >= 4 is 7.25 Å². The molecule has 16 heavy (non-hydrogen) atoms. The van der Waals surface area contributed by atoms with Crippen molar-refractivity contribution in [2.24, 2.45) is 11.5 Å². The third-order valence-corrected chi connectivity index (χ3v) is 1.91. The Labute approximate surface area is 94.9 Å². The first-order valence-electron chi connectivity index (χ1n) is 5.69. The summed E-state index contributed by atoms with van der Waals surface area (Å²) in [5.74, 6) is 0. The molecule has 0 bridgehead atoms. The molecule has 0 aliphatic carbocycles. The number of rotatable bonds is 8. The molecule has 0 spiro atoms. The SMILES string of the molecule is F[B-](F)(F)F.NCCCCCCCCCN. The van der Waals surface area contributed by atoms with Crippen molar-refractivity contribution < 1.29 is 17.3 Å². The van der Waals surface area contributed by atoms with Gasteiger partial charge in [0.2, 0.25) is 0 Å². The zero-order valence-electron chi connectivity index (χ0n) is 9.61. The first-order chi connectivity index (χ1) is 7.41. The van der Waals surface area contributed by atoms with Crippen LogP contribution in [0.25, 0.3) is 0 Å². The van der Waals surface area contributed by atoms with Crippen LogP contribution in [-0.4, -0.2) is 20.3 Å². The van der Waals surface area contributed by atoms with Crippen molar-refractivity contribution in [1.29, 1.82) is 0 Å². The smallest absolute Gasteiger partial charge is 0.418 e. The summed E-state index contributed by atoms with van der Waals surface area (Å²) in [5.41, 5.74) is 10.7. The van der Waals surface area contributed by atoms with Crippen LogP contribution in [0.1, 0.15) is 44.9 Å². The second kappa shape index (κ2) is 12.8. The van der Waals surface area contributed by atoms with Gasteiger partial charge in [-0.1, -0.05) is 32.1 Å². The zero-order chi connectivity index (χ0) is 12.9. The first-order valence-corrected chi connectivity index (χ1v) is 5.69. The summed E-state index contributed by atoms with van der Waals surface area (Å²) in [6.45, 7) is 1.70. The summed E-state index contributed by atoms with van der Waals surface area (Å²) in [6, 6.07) is 0. The standard InChI is InChI=1S/C9H22N2.BF4/c10-8-6-4-2-1-3-5-7-9-11;2-1(3,4)5/h1-11H2;/q;-1. The van der Waals surface area contributed by atoms with Gasteiger partial charge >= 0.3 is 7.25 Å². The Hall–Kier alpha value is -0.295. The van der Waals surface area contributed by atoms with Gasteiger partial charge in [0.05, 0.1) is 0 Å². The Morgan fingerprint density at radius 3 is 0.938 bits per heavy atom. The first kappa shape index (κ1) is 18.1. The highest BCUT2D eigenvalue weighted by atomic mass is 19.5. The molecule has 2 nitrogen and oxygen atoms in total. The van der Waals surface area contributed by atoms with E-state index in [0.717, 1.165) is 13.1 Å². The molecule has 0 aromatic carbocycles. The molecule has 0 heterocycles. The molecule has 0 radical (unpaired) electrons. The van der Waals surface area contributed by atoms with E-state index in [9.17, 15) is 17.3 Å². The highest BCUT2D eigenvalue weighted by molar-refractivity contribution is 6.50. The van der Waals surface area contributed by atoms with Gasteiger partial charge < -0.3 is 28.7 Å². The van der Waals surface area contributed by atoms with Crippen LogP contribution in [0.15, 0.2) is 0 Å². The van der Waals surface area contributed by atoms with E-state index >= 15 is 0 Å². The van der Waals surface area contributed by atoms with Gasteiger partial charge in [0, 0.05) is 0 Å². The largest absolute Gasteiger partial charge is 0.673 e. The average Bonchev–Trinajstić information content (AvgIpc) is 2.14. The number of hydrogen-bond acceptors (Lipinski definition) is 2. The molecule has 100 valence electrons. The van der Waals surface area contributed by atoms with Gasteiger partial charge in [0.15, 0.2) is 0 Å². The molecule has 7 heteroatoms. The third kappa shape index (κ3) is 37.3. The van der Waals surface area contributed by atoms with Crippen molar-refractivity contribution in [3.63, 3.8) is 0 Å². The highest BCUT2D eigenvalue weighted by Crippen LogP contribution is 2.06. The summed E-state index contributed by atoms with van der Waals surface area (Å²) in [5, 5.41) is 0. The minimum atomic E-state index is -6.00. The summed E-state index contributed by atoms with van der Waals surface area (Å²) in [6.07, 6.45) is 9.05. The maximum Gasteiger partial charge on any atom is 0.673 e. The Morgan fingerprint density at radius 1 is 0.562 bits per heavy atom. The third-order valence-electron chi connectivity index (χ3n) is 1.91. The fourth-order valence-electron chi connectivity index (χ4n) is 1.17. The van der Waals surface area contributed by atoms with E-state index < -0.39 is 7.25 Å². The lowest BCUT2D eigenvalue weighted by Crippen LogP contribution is -2.02. The monoisotopic (exact) mass is 245 g/mol. The molecule has 0 atom stereocenters. The number of nitrogens with two attached hydrogens (primary N) is 2. The van der Waals surface area contributed by atoms with Crippen molar-refractivity contribution in [1.82, 2.24) is 0 Å². The van der Waals surface area contributed by atoms with Gasteiger partial charge in [-0.3, -0.25) is 0 Å². The molecule has 0 rings (SSSR count). The molecule has 0 amide bonds. The maximum absolute atomic E-state index is 9.75. The lowest BCUT2D eigenvalue weighted by Gasteiger charge is -1.99. The van der Waals surface area contributed by atoms with E-state index in [1.165, 1.54) is 44.9 Å². The van der Waals surface area contributed by atoms with Crippen LogP contribution in [0, 0.1) is 0 Å². The van der Waals surface area contributed by atoms with Crippen LogP contribution in [0.2, 0.25) is 0 Å². The molecule has 0 unspecified atom stereocenters. The van der Waals surface area contributed by atoms with Crippen LogP contribution in [0.3, 0.4) is 0 Å². The Bertz CT molecular complexity index is 119. The fraction of sp³-hybridized carbons (Fsp3) is 1.00. The second-order valence-corrected chi connectivity index (χ2v) is 3.55. The normalized spacial score (nSPS) is 10.9. The predicted molar refractivity (Wildman–Crippen MR) is 60.6 cm³/mol. The second-order valence-electron chi connectivity index (χ2n) is 3.55. The molecular formula is C9H22BF4N2-. The molecule has 0 aromatic rings. The van der Waals surface area contributed by atoms with Crippen LogP contribution in [-0.2, 0) is 0 Å². The van der Waals surface area contributed by atoms with Crippen molar-refractivity contribution in [2.75, 3.05) is 13.1 Å². The Balaban J connectivity index is 0. The van der Waals surface area contributed by atoms with Crippen LogP contribution < -0.4 is 11.5 Å². The molecule has 0 fully saturated rings. The summed E-state index contributed by atoms with van der Waals surface area (Å²) < 4.78 is 39.0. The fourth-order valence-corrected chi connectivity index (χ4v) is 1.17. The zero-order valence-corrected chi connectivity index (χ0v) is 9.61. The van der Waals surface area contributed by atoms with E-state index in [-0.39, 0.29) is 0 Å². The Morgan fingerprint density at radius 2 is 0.750 bits per heavy atom. The topological polar surface area (TPSA) is 52.0 Å². The van der Waals surface area contributed by atoms with Crippen LogP contribution >= 0.6 is 0 Å². The van der Waals surface area contributed by atoms with E-state index in [4.69, 9.17) is 11.5 Å². The molecular weight excluding hydrogens is 223 g/mol. The van der Waals surface area contributed by atoms with Gasteiger partial charge in [0.1, 0.15) is 0 Å². The molecule has 0 aliphatic heterocycles. The summed E-state index contributed by atoms with van der Waals surface area (Å²) in [7, 11) is -6.00. The quantitative estimate of drug-likeness (QED) is 0.392. The minimum absolute atomic E-state index is 0.850. The van der Waals surface area contributed by atoms with E-state index in [0.29, 0.717) is 0 Å². The van der Waals surface area contributed by atoms with Gasteiger partial charge in [-0.25, -0.2) is 0 Å². The summed E-state index contributed by atoms with van der Waals surface area (Å²) in [4.78, 5) is 0. The number of unbranched alkanes of at least 4 members (excludes halogenated alkanes) is 6. The molecule has 0 saturated carbocycles. The van der Waals surface area contributed by atoms with Crippen LogP contribution in [0.4, 0.5) is 17.3 Å². The minimum Gasteiger partial charge on any atom is -0.418 e. The maximum atomic E-state index is 9.75. The van der Waals surface area contributed by atoms with E-state index in [2.05, 4.69) is 0 Å². The average molecular weight is 245 g/mol. The lowest BCUT2D eigenvalue weighted by molar-refractivity contribution is 0.368. The van der Waals surface area contributed by atoms with Gasteiger partial charge in [0.25, 0.3) is 0 Å². The van der Waals surface area contributed by atoms with E-state index in [1.54, 1.807) is 0 Å². The number of halogens is 4. The van der Waals surface area contributed by atoms with Crippen LogP contribution in [0.5, 0.6) is 0 Å². The molecule has 4 N–H and O–H groups in total. The summed E-state index contributed by atoms with van der Waals surface area (Å²) >= 11 is 0. The van der Waals surface area contributed by atoms with Gasteiger partial charge in [-0.15, -0.1) is 0 Å². The Kier molecular flexibility index (Phi) is 14.4. The highest BCUT2D eigenvalue weighted by Gasteiger charge is 2.20. The van der Waals surface area contributed by atoms with Crippen molar-refractivity contribution in [3.05, 3.63) is 0 Å². The number of hydrogen-bond donors (Lipinski definition) is 2. The van der Waals surface area contributed by atoms with Gasteiger partial charge in [-0.2, -0.15) is 0 Å². The van der Waals surface area contributed by atoms with Crippen molar-refractivity contribution in [3.8, 4) is 0 Å².